The molecule has 1 unspecified atom stereocenters. The van der Waals surface area contributed by atoms with Gasteiger partial charge in [-0.15, -0.1) is 0 Å². The summed E-state index contributed by atoms with van der Waals surface area (Å²) in [5.74, 6) is 0. The average molecular weight is 301 g/mol. The Morgan fingerprint density at radius 2 is 2.21 bits per heavy atom. The third-order valence-electron chi connectivity index (χ3n) is 3.02. The second kappa shape index (κ2) is 5.46. The van der Waals surface area contributed by atoms with E-state index in [0.29, 0.717) is 15.6 Å². The molecule has 1 aromatic carbocycles. The highest BCUT2D eigenvalue weighted by Crippen LogP contribution is 2.33. The minimum absolute atomic E-state index is 0.159. The number of nitrogens with two attached hydrogens (primary N) is 1. The summed E-state index contributed by atoms with van der Waals surface area (Å²) >= 11 is 12.0. The molecule has 1 heterocycles. The van der Waals surface area contributed by atoms with Gasteiger partial charge in [0.15, 0.2) is 0 Å². The van der Waals surface area contributed by atoms with Gasteiger partial charge in [-0.2, -0.15) is 5.10 Å². The average Bonchev–Trinajstić information content (AvgIpc) is 2.81. The summed E-state index contributed by atoms with van der Waals surface area (Å²) in [6.45, 7) is 1.87. The van der Waals surface area contributed by atoms with E-state index in [-0.39, 0.29) is 6.54 Å². The first-order chi connectivity index (χ1) is 8.93. The van der Waals surface area contributed by atoms with Crippen LogP contribution in [0.5, 0.6) is 0 Å². The molecule has 0 saturated heterocycles. The molecule has 2 atom stereocenters. The zero-order valence-electron chi connectivity index (χ0n) is 10.3. The predicted molar refractivity (Wildman–Crippen MR) is 74.0 cm³/mol. The lowest BCUT2D eigenvalue weighted by Gasteiger charge is -2.33. The standard InChI is InChI=1S/C12H14Cl2N4O/c1-8(15)12(19,5-18-7-16-6-17-18)10-3-2-9(13)4-11(10)14/h2-4,6-8,19H,5,15H2,1H3/t8-,12?/m1/s1. The van der Waals surface area contributed by atoms with Crippen LogP contribution in [0, 0.1) is 0 Å². The maximum Gasteiger partial charge on any atom is 0.137 e. The van der Waals surface area contributed by atoms with Crippen molar-refractivity contribution in [3.8, 4) is 0 Å². The number of halogens is 2. The molecular weight excluding hydrogens is 287 g/mol. The maximum absolute atomic E-state index is 10.9. The van der Waals surface area contributed by atoms with Crippen molar-refractivity contribution in [2.24, 2.45) is 5.73 Å². The molecule has 102 valence electrons. The molecule has 1 aromatic heterocycles. The van der Waals surface area contributed by atoms with Gasteiger partial charge >= 0.3 is 0 Å². The van der Waals surface area contributed by atoms with Gasteiger partial charge in [-0.3, -0.25) is 0 Å². The van der Waals surface area contributed by atoms with Crippen LogP contribution in [0.3, 0.4) is 0 Å². The molecule has 0 aliphatic heterocycles. The molecule has 19 heavy (non-hydrogen) atoms. The molecule has 0 aliphatic rings. The highest BCUT2D eigenvalue weighted by Gasteiger charge is 2.36. The van der Waals surface area contributed by atoms with Crippen molar-refractivity contribution in [1.82, 2.24) is 14.8 Å². The maximum atomic E-state index is 10.9. The molecular formula is C12H14Cl2N4O. The van der Waals surface area contributed by atoms with E-state index in [2.05, 4.69) is 10.1 Å². The van der Waals surface area contributed by atoms with Crippen LogP contribution in [0.2, 0.25) is 10.0 Å². The van der Waals surface area contributed by atoms with Crippen molar-refractivity contribution in [2.75, 3.05) is 0 Å². The van der Waals surface area contributed by atoms with Crippen molar-refractivity contribution in [3.63, 3.8) is 0 Å². The lowest BCUT2D eigenvalue weighted by molar-refractivity contribution is -0.00527. The third kappa shape index (κ3) is 2.90. The van der Waals surface area contributed by atoms with Gasteiger partial charge in [0.25, 0.3) is 0 Å². The van der Waals surface area contributed by atoms with E-state index in [1.165, 1.54) is 17.3 Å². The molecule has 5 nitrogen and oxygen atoms in total. The summed E-state index contributed by atoms with van der Waals surface area (Å²) in [5, 5.41) is 15.7. The lowest BCUT2D eigenvalue weighted by atomic mass is 9.87. The molecule has 3 N–H and O–H groups in total. The van der Waals surface area contributed by atoms with E-state index in [0.717, 1.165) is 0 Å². The fourth-order valence-electron chi connectivity index (χ4n) is 1.88. The zero-order chi connectivity index (χ0) is 14.0. The number of aliphatic hydroxyl groups is 1. The first-order valence-electron chi connectivity index (χ1n) is 5.69. The van der Waals surface area contributed by atoms with Gasteiger partial charge in [-0.25, -0.2) is 9.67 Å². The summed E-state index contributed by atoms with van der Waals surface area (Å²) in [6, 6.07) is 4.37. The van der Waals surface area contributed by atoms with Gasteiger partial charge in [0.05, 0.1) is 6.54 Å². The van der Waals surface area contributed by atoms with Crippen LogP contribution >= 0.6 is 23.2 Å². The first-order valence-corrected chi connectivity index (χ1v) is 6.45. The summed E-state index contributed by atoms with van der Waals surface area (Å²) in [4.78, 5) is 3.84. The van der Waals surface area contributed by atoms with Crippen LogP contribution in [0.4, 0.5) is 0 Å². The topological polar surface area (TPSA) is 77.0 Å². The third-order valence-corrected chi connectivity index (χ3v) is 3.57. The smallest absolute Gasteiger partial charge is 0.137 e. The Morgan fingerprint density at radius 1 is 1.47 bits per heavy atom. The van der Waals surface area contributed by atoms with E-state index in [9.17, 15) is 5.11 Å². The van der Waals surface area contributed by atoms with Crippen molar-refractivity contribution in [2.45, 2.75) is 25.1 Å². The fourth-order valence-corrected chi connectivity index (χ4v) is 2.45. The van der Waals surface area contributed by atoms with Gasteiger partial charge in [0.2, 0.25) is 0 Å². The second-order valence-corrected chi connectivity index (χ2v) is 5.27. The molecule has 7 heteroatoms. The normalized spacial score (nSPS) is 16.1. The summed E-state index contributed by atoms with van der Waals surface area (Å²) in [5.41, 5.74) is 5.09. The van der Waals surface area contributed by atoms with E-state index < -0.39 is 11.6 Å². The summed E-state index contributed by atoms with van der Waals surface area (Å²) < 4.78 is 1.51. The highest BCUT2D eigenvalue weighted by atomic mass is 35.5. The zero-order valence-corrected chi connectivity index (χ0v) is 11.8. The van der Waals surface area contributed by atoms with Gasteiger partial charge in [0.1, 0.15) is 18.3 Å². The summed E-state index contributed by atoms with van der Waals surface area (Å²) in [7, 11) is 0. The van der Waals surface area contributed by atoms with Crippen molar-refractivity contribution in [1.29, 1.82) is 0 Å². The molecule has 2 rings (SSSR count). The van der Waals surface area contributed by atoms with Crippen LogP contribution < -0.4 is 5.73 Å². The van der Waals surface area contributed by atoms with Gasteiger partial charge < -0.3 is 10.8 Å². The molecule has 0 amide bonds. The predicted octanol–water partition coefficient (Wildman–Crippen LogP) is 1.82. The van der Waals surface area contributed by atoms with Crippen molar-refractivity contribution in [3.05, 3.63) is 46.5 Å². The molecule has 0 radical (unpaired) electrons. The molecule has 2 aromatic rings. The van der Waals surface area contributed by atoms with E-state index in [1.54, 1.807) is 25.1 Å². The Labute approximate surface area is 121 Å². The van der Waals surface area contributed by atoms with Gasteiger partial charge in [0, 0.05) is 21.7 Å². The Bertz CT molecular complexity index is 559. The number of hydrogen-bond acceptors (Lipinski definition) is 4. The number of hydrogen-bond donors (Lipinski definition) is 2. The van der Waals surface area contributed by atoms with Crippen LogP contribution in [0.25, 0.3) is 0 Å². The van der Waals surface area contributed by atoms with E-state index in [1.807, 2.05) is 0 Å². The fraction of sp³-hybridized carbons (Fsp3) is 0.333. The monoisotopic (exact) mass is 300 g/mol. The Kier molecular flexibility index (Phi) is 4.10. The van der Waals surface area contributed by atoms with Crippen LogP contribution in [-0.2, 0) is 12.1 Å². The Morgan fingerprint density at radius 3 is 2.74 bits per heavy atom. The molecule has 0 fully saturated rings. The molecule has 0 saturated carbocycles. The minimum Gasteiger partial charge on any atom is -0.382 e. The minimum atomic E-state index is -1.35. The summed E-state index contributed by atoms with van der Waals surface area (Å²) in [6.07, 6.45) is 2.91. The number of nitrogens with zero attached hydrogens (tertiary/aromatic N) is 3. The van der Waals surface area contributed by atoms with Crippen molar-refractivity contribution >= 4 is 23.2 Å². The molecule has 0 bridgehead atoms. The first kappa shape index (κ1) is 14.3. The van der Waals surface area contributed by atoms with Gasteiger partial charge in [-0.05, 0) is 19.1 Å². The van der Waals surface area contributed by atoms with Crippen LogP contribution in [0.1, 0.15) is 12.5 Å². The van der Waals surface area contributed by atoms with Crippen LogP contribution in [0.15, 0.2) is 30.9 Å². The van der Waals surface area contributed by atoms with E-state index >= 15 is 0 Å². The molecule has 0 spiro atoms. The lowest BCUT2D eigenvalue weighted by Crippen LogP contribution is -2.47. The van der Waals surface area contributed by atoms with E-state index in [4.69, 9.17) is 28.9 Å². The quantitative estimate of drug-likeness (QED) is 0.903. The van der Waals surface area contributed by atoms with Gasteiger partial charge in [-0.1, -0.05) is 29.3 Å². The molecule has 0 aliphatic carbocycles. The SMILES string of the molecule is C[C@@H](N)C(O)(Cn1cncn1)c1ccc(Cl)cc1Cl. The van der Waals surface area contributed by atoms with Crippen molar-refractivity contribution < 1.29 is 5.11 Å². The Balaban J connectivity index is 2.43. The number of benzene rings is 1. The Hall–Kier alpha value is -1.14. The van der Waals surface area contributed by atoms with Crippen LogP contribution in [-0.4, -0.2) is 25.9 Å². The number of aromatic nitrogens is 3. The largest absolute Gasteiger partial charge is 0.382 e. The number of rotatable bonds is 4. The highest BCUT2D eigenvalue weighted by molar-refractivity contribution is 6.35. The second-order valence-electron chi connectivity index (χ2n) is 4.43.